The van der Waals surface area contributed by atoms with E-state index < -0.39 is 15.8 Å². The average molecular weight is 657 g/mol. The lowest BCUT2D eigenvalue weighted by atomic mass is 9.94. The quantitative estimate of drug-likeness (QED) is 0.140. The van der Waals surface area contributed by atoms with Gasteiger partial charge in [-0.1, -0.05) is 102 Å². The molecule has 5 aromatic rings. The van der Waals surface area contributed by atoms with Crippen LogP contribution in [0.15, 0.2) is 91.0 Å². The van der Waals surface area contributed by atoms with Gasteiger partial charge in [0.2, 0.25) is 0 Å². The van der Waals surface area contributed by atoms with Crippen molar-refractivity contribution in [3.63, 3.8) is 0 Å². The first-order valence-electron chi connectivity index (χ1n) is 16.4. The van der Waals surface area contributed by atoms with E-state index in [0.717, 1.165) is 27.3 Å². The van der Waals surface area contributed by atoms with Crippen LogP contribution in [0.3, 0.4) is 0 Å². The Labute approximate surface area is 284 Å². The SMILES string of the molecule is Cc1cc(C)c(CP(C(=O)c2c(C)cc(C)c(C(=O)P(Cc3c(C)cc(C)cc3C)c3ccccc3)c2C)c2ccccc2)c(C)c1. The van der Waals surface area contributed by atoms with Gasteiger partial charge < -0.3 is 0 Å². The second kappa shape index (κ2) is 14.6. The van der Waals surface area contributed by atoms with Gasteiger partial charge in [0.05, 0.1) is 0 Å². The summed E-state index contributed by atoms with van der Waals surface area (Å²) in [6.45, 7) is 18.9. The zero-order valence-corrected chi connectivity index (χ0v) is 31.1. The Hall–Kier alpha value is -3.70. The Morgan fingerprint density at radius 3 is 1.09 bits per heavy atom. The number of hydrogen-bond acceptors (Lipinski definition) is 2. The zero-order chi connectivity index (χ0) is 34.0. The molecule has 0 spiro atoms. The first-order chi connectivity index (χ1) is 22.4. The number of aryl methyl sites for hydroxylation is 8. The highest BCUT2D eigenvalue weighted by molar-refractivity contribution is 7.82. The van der Waals surface area contributed by atoms with Crippen LogP contribution in [0.4, 0.5) is 0 Å². The third-order valence-corrected chi connectivity index (χ3v) is 13.9. The summed E-state index contributed by atoms with van der Waals surface area (Å²) in [5, 5.41) is 2.13. The van der Waals surface area contributed by atoms with Crippen LogP contribution in [0.25, 0.3) is 0 Å². The van der Waals surface area contributed by atoms with E-state index in [4.69, 9.17) is 0 Å². The third-order valence-electron chi connectivity index (χ3n) is 9.34. The molecule has 2 unspecified atom stereocenters. The van der Waals surface area contributed by atoms with Gasteiger partial charge in [0.15, 0.2) is 11.0 Å². The lowest BCUT2D eigenvalue weighted by Gasteiger charge is -2.25. The summed E-state index contributed by atoms with van der Waals surface area (Å²) in [5.41, 5.74) is 14.3. The van der Waals surface area contributed by atoms with Gasteiger partial charge in [-0.15, -0.1) is 0 Å². The van der Waals surface area contributed by atoms with Crippen LogP contribution in [0.2, 0.25) is 0 Å². The molecule has 0 aliphatic heterocycles. The van der Waals surface area contributed by atoms with Gasteiger partial charge in [0.1, 0.15) is 0 Å². The molecule has 5 rings (SSSR count). The minimum atomic E-state index is -1.24. The van der Waals surface area contributed by atoms with Gasteiger partial charge in [-0.05, 0) is 123 Å². The Morgan fingerprint density at radius 1 is 0.447 bits per heavy atom. The molecule has 0 bridgehead atoms. The minimum Gasteiger partial charge on any atom is -0.289 e. The largest absolute Gasteiger partial charge is 0.289 e. The third kappa shape index (κ3) is 7.41. The van der Waals surface area contributed by atoms with E-state index in [-0.39, 0.29) is 11.0 Å². The van der Waals surface area contributed by atoms with E-state index >= 15 is 0 Å². The summed E-state index contributed by atoms with van der Waals surface area (Å²) in [7, 11) is -2.48. The molecule has 0 radical (unpaired) electrons. The van der Waals surface area contributed by atoms with Gasteiger partial charge in [-0.25, -0.2) is 0 Å². The predicted octanol–water partition coefficient (Wildman–Crippen LogP) is 10.8. The van der Waals surface area contributed by atoms with E-state index in [1.54, 1.807) is 0 Å². The van der Waals surface area contributed by atoms with Gasteiger partial charge in [0.25, 0.3) is 0 Å². The molecule has 5 aromatic carbocycles. The van der Waals surface area contributed by atoms with Crippen LogP contribution < -0.4 is 10.6 Å². The number of hydrogen-bond donors (Lipinski definition) is 0. The van der Waals surface area contributed by atoms with Crippen molar-refractivity contribution in [2.75, 3.05) is 0 Å². The van der Waals surface area contributed by atoms with Gasteiger partial charge >= 0.3 is 0 Å². The Kier molecular flexibility index (Phi) is 10.8. The summed E-state index contributed by atoms with van der Waals surface area (Å²) in [6, 6.07) is 31.4. The molecule has 0 heterocycles. The summed E-state index contributed by atoms with van der Waals surface area (Å²) in [5.74, 6) is 0. The van der Waals surface area contributed by atoms with Crippen molar-refractivity contribution >= 4 is 37.5 Å². The van der Waals surface area contributed by atoms with E-state index in [9.17, 15) is 9.59 Å². The number of carbonyl (C=O) groups is 2. The van der Waals surface area contributed by atoms with Crippen LogP contribution >= 0.6 is 15.8 Å². The summed E-state index contributed by atoms with van der Waals surface area (Å²) >= 11 is 0. The van der Waals surface area contributed by atoms with E-state index in [1.165, 1.54) is 44.5 Å². The number of rotatable bonds is 10. The van der Waals surface area contributed by atoms with Gasteiger partial charge in [0, 0.05) is 39.3 Å². The molecule has 2 nitrogen and oxygen atoms in total. The summed E-state index contributed by atoms with van der Waals surface area (Å²) < 4.78 is 0. The second-order valence-electron chi connectivity index (χ2n) is 13.1. The van der Waals surface area contributed by atoms with E-state index in [1.807, 2.05) is 57.2 Å². The first-order valence-corrected chi connectivity index (χ1v) is 19.4. The van der Waals surface area contributed by atoms with Crippen molar-refractivity contribution in [2.24, 2.45) is 0 Å². The summed E-state index contributed by atoms with van der Waals surface area (Å²) in [4.78, 5) is 29.9. The highest BCUT2D eigenvalue weighted by Gasteiger charge is 2.31. The molecule has 0 aliphatic rings. The summed E-state index contributed by atoms with van der Waals surface area (Å²) in [6.07, 6.45) is 1.35. The maximum atomic E-state index is 14.9. The number of benzene rings is 5. The lowest BCUT2D eigenvalue weighted by molar-refractivity contribution is 0.108. The predicted molar refractivity (Wildman–Crippen MR) is 204 cm³/mol. The molecule has 0 fully saturated rings. The molecule has 2 atom stereocenters. The van der Waals surface area contributed by atoms with E-state index in [0.29, 0.717) is 23.5 Å². The molecular weight excluding hydrogens is 610 g/mol. The Balaban J connectivity index is 1.63. The molecule has 0 amide bonds. The lowest BCUT2D eigenvalue weighted by Crippen LogP contribution is -2.18. The molecule has 0 aliphatic carbocycles. The molecule has 0 saturated carbocycles. The zero-order valence-electron chi connectivity index (χ0n) is 29.3. The normalized spacial score (nSPS) is 12.5. The van der Waals surface area contributed by atoms with Gasteiger partial charge in [-0.3, -0.25) is 9.59 Å². The maximum Gasteiger partial charge on any atom is 0.189 e. The monoisotopic (exact) mass is 656 g/mol. The second-order valence-corrected chi connectivity index (χ2v) is 17.3. The van der Waals surface area contributed by atoms with Crippen molar-refractivity contribution < 1.29 is 9.59 Å². The smallest absolute Gasteiger partial charge is 0.189 e. The molecule has 0 N–H and O–H groups in total. The van der Waals surface area contributed by atoms with Crippen LogP contribution in [0, 0.1) is 62.3 Å². The van der Waals surface area contributed by atoms with E-state index in [2.05, 4.69) is 96.1 Å². The van der Waals surface area contributed by atoms with Crippen LogP contribution in [-0.2, 0) is 12.3 Å². The molecular formula is C43H46O2P2. The highest BCUT2D eigenvalue weighted by atomic mass is 31.1. The molecule has 47 heavy (non-hydrogen) atoms. The van der Waals surface area contributed by atoms with Crippen LogP contribution in [-0.4, -0.2) is 11.0 Å². The van der Waals surface area contributed by atoms with Crippen molar-refractivity contribution in [2.45, 2.75) is 74.6 Å². The fourth-order valence-electron chi connectivity index (χ4n) is 7.13. The maximum absolute atomic E-state index is 14.9. The van der Waals surface area contributed by atoms with Crippen LogP contribution in [0.1, 0.15) is 81.9 Å². The van der Waals surface area contributed by atoms with Crippen molar-refractivity contribution in [3.8, 4) is 0 Å². The molecule has 0 aromatic heterocycles. The minimum absolute atomic E-state index is 0.142. The molecule has 240 valence electrons. The molecule has 4 heteroatoms. The van der Waals surface area contributed by atoms with Crippen molar-refractivity contribution in [1.29, 1.82) is 0 Å². The molecule has 0 saturated heterocycles. The topological polar surface area (TPSA) is 34.1 Å². The Morgan fingerprint density at radius 2 is 0.766 bits per heavy atom. The van der Waals surface area contributed by atoms with Crippen molar-refractivity contribution in [3.05, 3.63) is 163 Å². The highest BCUT2D eigenvalue weighted by Crippen LogP contribution is 2.48. The average Bonchev–Trinajstić information content (AvgIpc) is 3.00. The fraction of sp³-hybridized carbons (Fsp3) is 0.256. The fourth-order valence-corrected chi connectivity index (χ4v) is 12.2. The first kappa shape index (κ1) is 34.6. The van der Waals surface area contributed by atoms with Gasteiger partial charge in [-0.2, -0.15) is 0 Å². The number of carbonyl (C=O) groups excluding carboxylic acids is 2. The Bertz CT molecular complexity index is 1770. The van der Waals surface area contributed by atoms with Crippen molar-refractivity contribution in [1.82, 2.24) is 0 Å². The standard InChI is InChI=1S/C43H46O2P2/c1-27-20-29(3)38(30(4)21-27)25-46(36-16-12-10-13-17-36)42(44)40-33(7)24-34(8)41(35(40)9)43(45)47(37-18-14-11-15-19-37)26-39-31(5)22-28(2)23-32(39)6/h10-24H,25-26H2,1-9H3. The van der Waals surface area contributed by atoms with Crippen LogP contribution in [0.5, 0.6) is 0 Å².